The molecule has 2 amide bonds. The van der Waals surface area contributed by atoms with Crippen molar-refractivity contribution in [1.29, 1.82) is 0 Å². The Balaban J connectivity index is 1.68. The first-order chi connectivity index (χ1) is 15.2. The summed E-state index contributed by atoms with van der Waals surface area (Å²) in [6, 6.07) is 20.5. The lowest BCUT2D eigenvalue weighted by Gasteiger charge is -2.21. The number of carbonyl (C=O) groups is 2. The van der Waals surface area contributed by atoms with E-state index in [0.717, 1.165) is 17.5 Å². The third kappa shape index (κ3) is 5.75. The van der Waals surface area contributed by atoms with Gasteiger partial charge < -0.3 is 10.2 Å². The molecular weight excluding hydrogens is 448 g/mol. The Morgan fingerprint density at radius 3 is 2.22 bits per heavy atom. The Morgan fingerprint density at radius 1 is 0.969 bits per heavy atom. The third-order valence-electron chi connectivity index (χ3n) is 4.85. The van der Waals surface area contributed by atoms with E-state index in [1.54, 1.807) is 29.2 Å². The molecule has 3 rings (SSSR count). The number of nitrogens with zero attached hydrogens (tertiary/aromatic N) is 1. The molecule has 0 aliphatic carbocycles. The highest BCUT2D eigenvalue weighted by Gasteiger charge is 2.17. The summed E-state index contributed by atoms with van der Waals surface area (Å²) in [5.41, 5.74) is 2.36. The van der Waals surface area contributed by atoms with Crippen molar-refractivity contribution in [2.45, 2.75) is 18.2 Å². The Morgan fingerprint density at radius 2 is 1.62 bits per heavy atom. The summed E-state index contributed by atoms with van der Waals surface area (Å²) in [5.74, 6) is -0.485. The number of halogens is 1. The van der Waals surface area contributed by atoms with Crippen LogP contribution < -0.4 is 10.2 Å². The maximum absolute atomic E-state index is 12.7. The summed E-state index contributed by atoms with van der Waals surface area (Å²) in [6.07, 6.45) is 1.26. The van der Waals surface area contributed by atoms with Gasteiger partial charge >= 0.3 is 0 Å². The number of rotatable bonds is 7. The van der Waals surface area contributed by atoms with Gasteiger partial charge in [0.25, 0.3) is 5.91 Å². The van der Waals surface area contributed by atoms with Gasteiger partial charge in [-0.15, -0.1) is 0 Å². The van der Waals surface area contributed by atoms with Crippen LogP contribution in [-0.4, -0.2) is 33.0 Å². The van der Waals surface area contributed by atoms with Crippen LogP contribution in [-0.2, 0) is 21.1 Å². The first-order valence-electron chi connectivity index (χ1n) is 9.94. The molecule has 0 spiro atoms. The van der Waals surface area contributed by atoms with Crippen molar-refractivity contribution >= 4 is 44.6 Å². The van der Waals surface area contributed by atoms with E-state index in [1.807, 2.05) is 37.3 Å². The number of likely N-dealkylation sites (N-methyl/N-ethyl adjacent to an activating group) is 1. The van der Waals surface area contributed by atoms with Crippen molar-refractivity contribution in [2.75, 3.05) is 23.0 Å². The molecule has 3 aromatic carbocycles. The van der Waals surface area contributed by atoms with Gasteiger partial charge in [0.15, 0.2) is 9.84 Å². The molecule has 0 aromatic heterocycles. The number of hydrogen-bond donors (Lipinski definition) is 1. The summed E-state index contributed by atoms with van der Waals surface area (Å²) in [4.78, 5) is 26.9. The van der Waals surface area contributed by atoms with Gasteiger partial charge in [-0.1, -0.05) is 41.9 Å². The van der Waals surface area contributed by atoms with Crippen molar-refractivity contribution in [1.82, 2.24) is 0 Å². The van der Waals surface area contributed by atoms with Crippen LogP contribution in [0.15, 0.2) is 77.7 Å². The molecule has 8 heteroatoms. The molecule has 0 aliphatic heterocycles. The van der Waals surface area contributed by atoms with Crippen molar-refractivity contribution in [3.8, 4) is 0 Å². The van der Waals surface area contributed by atoms with Gasteiger partial charge in [-0.05, 0) is 55.0 Å². The number of para-hydroxylation sites is 1. The molecule has 0 bridgehead atoms. The molecule has 0 saturated heterocycles. The predicted octanol–water partition coefficient (Wildman–Crippen LogP) is 4.59. The fraction of sp³-hybridized carbons (Fsp3) is 0.167. The van der Waals surface area contributed by atoms with Crippen molar-refractivity contribution < 1.29 is 18.0 Å². The summed E-state index contributed by atoms with van der Waals surface area (Å²) in [7, 11) is -3.56. The van der Waals surface area contributed by atoms with E-state index in [0.29, 0.717) is 12.2 Å². The third-order valence-corrected chi connectivity index (χ3v) is 6.42. The van der Waals surface area contributed by atoms with Gasteiger partial charge in [-0.3, -0.25) is 9.59 Å². The minimum atomic E-state index is -3.56. The smallest absolute Gasteiger partial charge is 0.255 e. The van der Waals surface area contributed by atoms with Crippen LogP contribution in [0.25, 0.3) is 0 Å². The zero-order chi connectivity index (χ0) is 23.3. The van der Waals surface area contributed by atoms with E-state index in [-0.39, 0.29) is 27.8 Å². The van der Waals surface area contributed by atoms with E-state index in [4.69, 9.17) is 11.6 Å². The average Bonchev–Trinajstić information content (AvgIpc) is 2.76. The Labute approximate surface area is 192 Å². The van der Waals surface area contributed by atoms with Crippen molar-refractivity contribution in [2.24, 2.45) is 0 Å². The van der Waals surface area contributed by atoms with Crippen LogP contribution in [0.2, 0.25) is 5.02 Å². The second-order valence-corrected chi connectivity index (χ2v) is 9.61. The molecule has 6 nitrogen and oxygen atoms in total. The van der Waals surface area contributed by atoms with Crippen LogP contribution in [0.5, 0.6) is 0 Å². The minimum Gasteiger partial charge on any atom is -0.322 e. The van der Waals surface area contributed by atoms with Crippen LogP contribution >= 0.6 is 11.6 Å². The number of anilines is 2. The summed E-state index contributed by atoms with van der Waals surface area (Å²) >= 11 is 5.93. The molecule has 32 heavy (non-hydrogen) atoms. The molecule has 3 aromatic rings. The normalized spacial score (nSPS) is 11.1. The summed E-state index contributed by atoms with van der Waals surface area (Å²) in [6.45, 7) is 2.49. The zero-order valence-corrected chi connectivity index (χ0v) is 19.3. The van der Waals surface area contributed by atoms with Crippen molar-refractivity contribution in [3.63, 3.8) is 0 Å². The SMILES string of the molecule is CCN(C(=O)Cc1ccc(NC(=O)c2ccc(Cl)c(S(C)(=O)=O)c2)cc1)c1ccccc1. The molecule has 0 heterocycles. The van der Waals surface area contributed by atoms with Gasteiger partial charge in [-0.2, -0.15) is 0 Å². The lowest BCUT2D eigenvalue weighted by Crippen LogP contribution is -2.31. The zero-order valence-electron chi connectivity index (χ0n) is 17.7. The largest absolute Gasteiger partial charge is 0.322 e. The van der Waals surface area contributed by atoms with Crippen molar-refractivity contribution in [3.05, 3.63) is 88.9 Å². The molecule has 166 valence electrons. The van der Waals surface area contributed by atoms with Gasteiger partial charge in [-0.25, -0.2) is 8.42 Å². The Bertz CT molecular complexity index is 1230. The quantitative estimate of drug-likeness (QED) is 0.547. The monoisotopic (exact) mass is 470 g/mol. The summed E-state index contributed by atoms with van der Waals surface area (Å²) in [5, 5.41) is 2.79. The number of hydrogen-bond acceptors (Lipinski definition) is 4. The molecule has 1 N–H and O–H groups in total. The summed E-state index contributed by atoms with van der Waals surface area (Å²) < 4.78 is 23.7. The van der Waals surface area contributed by atoms with Gasteiger partial charge in [0.2, 0.25) is 5.91 Å². The molecule has 0 radical (unpaired) electrons. The number of sulfone groups is 1. The molecular formula is C24H23ClN2O4S. The first-order valence-corrected chi connectivity index (χ1v) is 12.2. The molecule has 0 aliphatic rings. The van der Waals surface area contributed by atoms with E-state index in [1.165, 1.54) is 18.2 Å². The van der Waals surface area contributed by atoms with Gasteiger partial charge in [0, 0.05) is 29.7 Å². The van der Waals surface area contributed by atoms with E-state index in [2.05, 4.69) is 5.32 Å². The van der Waals surface area contributed by atoms with Gasteiger partial charge in [0.05, 0.1) is 16.3 Å². The lowest BCUT2D eigenvalue weighted by molar-refractivity contribution is -0.117. The maximum atomic E-state index is 12.7. The number of benzene rings is 3. The number of amides is 2. The molecule has 0 saturated carbocycles. The van der Waals surface area contributed by atoms with Crippen LogP contribution in [0.3, 0.4) is 0 Å². The lowest BCUT2D eigenvalue weighted by atomic mass is 10.1. The second-order valence-electron chi connectivity index (χ2n) is 7.22. The number of carbonyl (C=O) groups excluding carboxylic acids is 2. The molecule has 0 unspecified atom stereocenters. The standard InChI is InChI=1S/C24H23ClN2O4S/c1-3-27(20-7-5-4-6-8-20)23(28)15-17-9-12-19(13-10-17)26-24(29)18-11-14-21(25)22(16-18)32(2,30)31/h4-14,16H,3,15H2,1-2H3,(H,26,29). The van der Waals surface area contributed by atoms with Crippen LogP contribution in [0, 0.1) is 0 Å². The molecule has 0 fully saturated rings. The fourth-order valence-corrected chi connectivity index (χ4v) is 4.52. The van der Waals surface area contributed by atoms with E-state index < -0.39 is 15.7 Å². The Kier molecular flexibility index (Phi) is 7.33. The van der Waals surface area contributed by atoms with Gasteiger partial charge in [0.1, 0.15) is 0 Å². The number of nitrogens with one attached hydrogen (secondary N) is 1. The van der Waals surface area contributed by atoms with E-state index >= 15 is 0 Å². The first kappa shape index (κ1) is 23.5. The highest BCUT2D eigenvalue weighted by Crippen LogP contribution is 2.23. The van der Waals surface area contributed by atoms with Crippen LogP contribution in [0.4, 0.5) is 11.4 Å². The highest BCUT2D eigenvalue weighted by molar-refractivity contribution is 7.90. The second kappa shape index (κ2) is 9.97. The molecule has 0 atom stereocenters. The average molecular weight is 471 g/mol. The van der Waals surface area contributed by atoms with E-state index in [9.17, 15) is 18.0 Å². The van der Waals surface area contributed by atoms with Crippen LogP contribution in [0.1, 0.15) is 22.8 Å². The minimum absolute atomic E-state index is 0.0232. The highest BCUT2D eigenvalue weighted by atomic mass is 35.5. The fourth-order valence-electron chi connectivity index (χ4n) is 3.22. The topological polar surface area (TPSA) is 83.6 Å². The maximum Gasteiger partial charge on any atom is 0.255 e. The predicted molar refractivity (Wildman–Crippen MR) is 127 cm³/mol. The Hall–Kier alpha value is -3.16.